The molecular formula is C22H25N3O4S. The number of thiophene rings is 1. The number of hydrogen-bond donors (Lipinski definition) is 0. The smallest absolute Gasteiger partial charge is 0.264 e. The Kier molecular flexibility index (Phi) is 5.45. The van der Waals surface area contributed by atoms with Gasteiger partial charge in [-0.3, -0.25) is 14.5 Å². The number of amides is 2. The Hall–Kier alpha value is -2.42. The van der Waals surface area contributed by atoms with Crippen LogP contribution in [0, 0.1) is 0 Å². The highest BCUT2D eigenvalue weighted by molar-refractivity contribution is 7.17. The van der Waals surface area contributed by atoms with Crippen LogP contribution in [-0.2, 0) is 16.1 Å². The third kappa shape index (κ3) is 3.82. The van der Waals surface area contributed by atoms with E-state index >= 15 is 0 Å². The molecule has 7 nitrogen and oxygen atoms in total. The number of fused-ring (bicyclic) bond motifs is 3. The van der Waals surface area contributed by atoms with E-state index in [0.29, 0.717) is 52.5 Å². The fourth-order valence-corrected chi connectivity index (χ4v) is 5.34. The van der Waals surface area contributed by atoms with Crippen molar-refractivity contribution in [2.75, 3.05) is 59.0 Å². The van der Waals surface area contributed by atoms with Gasteiger partial charge in [-0.2, -0.15) is 0 Å². The molecule has 2 aromatic rings. The van der Waals surface area contributed by atoms with E-state index in [0.717, 1.165) is 39.7 Å². The van der Waals surface area contributed by atoms with Crippen molar-refractivity contribution in [1.82, 2.24) is 14.7 Å². The van der Waals surface area contributed by atoms with E-state index in [1.165, 1.54) is 11.3 Å². The Balaban J connectivity index is 1.21. The van der Waals surface area contributed by atoms with Crippen LogP contribution in [0.25, 0.3) is 10.4 Å². The number of carbonyl (C=O) groups excluding carboxylic acids is 2. The van der Waals surface area contributed by atoms with Gasteiger partial charge in [0.25, 0.3) is 5.91 Å². The van der Waals surface area contributed by atoms with Crippen molar-refractivity contribution in [3.05, 3.63) is 40.8 Å². The van der Waals surface area contributed by atoms with Gasteiger partial charge in [0.2, 0.25) is 5.91 Å². The maximum atomic E-state index is 13.1. The number of nitrogens with zero attached hydrogens (tertiary/aromatic N) is 3. The summed E-state index contributed by atoms with van der Waals surface area (Å²) in [6.07, 6.45) is 0. The minimum absolute atomic E-state index is 0.0483. The number of ether oxygens (including phenoxy) is 2. The average molecular weight is 428 g/mol. The van der Waals surface area contributed by atoms with Crippen molar-refractivity contribution < 1.29 is 19.1 Å². The molecule has 2 fully saturated rings. The number of para-hydroxylation sites is 1. The lowest BCUT2D eigenvalue weighted by Gasteiger charge is -2.36. The summed E-state index contributed by atoms with van der Waals surface area (Å²) >= 11 is 1.54. The lowest BCUT2D eigenvalue weighted by molar-refractivity contribution is -0.134. The first-order valence-corrected chi connectivity index (χ1v) is 11.2. The van der Waals surface area contributed by atoms with Crippen molar-refractivity contribution in [2.24, 2.45) is 0 Å². The molecule has 0 spiro atoms. The molecule has 30 heavy (non-hydrogen) atoms. The molecule has 4 heterocycles. The first-order valence-electron chi connectivity index (χ1n) is 10.4. The number of rotatable bonds is 3. The highest BCUT2D eigenvalue weighted by Crippen LogP contribution is 2.42. The molecule has 0 aliphatic carbocycles. The van der Waals surface area contributed by atoms with Crippen molar-refractivity contribution in [1.29, 1.82) is 0 Å². The molecule has 8 heteroatoms. The van der Waals surface area contributed by atoms with E-state index in [1.807, 2.05) is 40.1 Å². The van der Waals surface area contributed by atoms with Gasteiger partial charge in [-0.1, -0.05) is 12.1 Å². The van der Waals surface area contributed by atoms with Gasteiger partial charge in [-0.25, -0.2) is 0 Å². The summed E-state index contributed by atoms with van der Waals surface area (Å²) in [4.78, 5) is 33.4. The van der Waals surface area contributed by atoms with Crippen molar-refractivity contribution in [3.8, 4) is 16.2 Å². The minimum atomic E-state index is 0.0483. The molecule has 1 aromatic carbocycles. The summed E-state index contributed by atoms with van der Waals surface area (Å²) in [5.74, 6) is 1.06. The van der Waals surface area contributed by atoms with Gasteiger partial charge in [0, 0.05) is 55.3 Å². The molecule has 0 saturated carbocycles. The van der Waals surface area contributed by atoms with E-state index < -0.39 is 0 Å². The molecule has 1 aromatic heterocycles. The number of piperazine rings is 1. The molecule has 158 valence electrons. The first-order chi connectivity index (χ1) is 14.7. The molecule has 5 rings (SSSR count). The van der Waals surface area contributed by atoms with Crippen LogP contribution < -0.4 is 4.74 Å². The van der Waals surface area contributed by atoms with Gasteiger partial charge in [-0.15, -0.1) is 11.3 Å². The zero-order chi connectivity index (χ0) is 20.5. The number of benzene rings is 1. The summed E-state index contributed by atoms with van der Waals surface area (Å²) in [6, 6.07) is 9.92. The van der Waals surface area contributed by atoms with Crippen LogP contribution in [0.1, 0.15) is 15.2 Å². The monoisotopic (exact) mass is 427 g/mol. The van der Waals surface area contributed by atoms with Gasteiger partial charge in [-0.05, 0) is 18.2 Å². The van der Waals surface area contributed by atoms with Crippen LogP contribution in [0.2, 0.25) is 0 Å². The summed E-state index contributed by atoms with van der Waals surface area (Å²) in [5.41, 5.74) is 2.13. The standard InChI is InChI=1S/C22H25N3O4S/c26-20(14-23-9-11-28-12-10-23)24-5-7-25(8-6-24)22(27)19-13-16-15-29-18-4-2-1-3-17(18)21(16)30-19/h1-4,13H,5-12,14-15H2. The van der Waals surface area contributed by atoms with Gasteiger partial charge in [0.15, 0.2) is 0 Å². The summed E-state index contributed by atoms with van der Waals surface area (Å²) in [6.45, 7) is 6.25. The summed E-state index contributed by atoms with van der Waals surface area (Å²) in [5, 5.41) is 0. The second kappa shape index (κ2) is 8.37. The van der Waals surface area contributed by atoms with Crippen molar-refractivity contribution in [3.63, 3.8) is 0 Å². The lowest BCUT2D eigenvalue weighted by Crippen LogP contribution is -2.53. The molecule has 3 aliphatic heterocycles. The van der Waals surface area contributed by atoms with Gasteiger partial charge in [0.1, 0.15) is 12.4 Å². The number of hydrogen-bond acceptors (Lipinski definition) is 6. The summed E-state index contributed by atoms with van der Waals surface area (Å²) in [7, 11) is 0. The molecule has 0 bridgehead atoms. The van der Waals surface area contributed by atoms with E-state index in [2.05, 4.69) is 4.90 Å². The highest BCUT2D eigenvalue weighted by atomic mass is 32.1. The van der Waals surface area contributed by atoms with Crippen molar-refractivity contribution in [2.45, 2.75) is 6.61 Å². The second-order valence-electron chi connectivity index (χ2n) is 7.81. The normalized spacial score (nSPS) is 19.1. The maximum Gasteiger partial charge on any atom is 0.264 e. The molecule has 3 aliphatic rings. The van der Waals surface area contributed by atoms with Gasteiger partial charge >= 0.3 is 0 Å². The van der Waals surface area contributed by atoms with Gasteiger partial charge < -0.3 is 19.3 Å². The van der Waals surface area contributed by atoms with Gasteiger partial charge in [0.05, 0.1) is 24.6 Å². The SMILES string of the molecule is O=C(CN1CCOCC1)N1CCN(C(=O)c2cc3c(s2)-c2ccccc2OC3)CC1. The van der Waals surface area contributed by atoms with Crippen LogP contribution in [0.4, 0.5) is 0 Å². The van der Waals surface area contributed by atoms with Crippen molar-refractivity contribution >= 4 is 23.2 Å². The van der Waals surface area contributed by atoms with Crippen LogP contribution in [0.5, 0.6) is 5.75 Å². The lowest BCUT2D eigenvalue weighted by atomic mass is 10.1. The Morgan fingerprint density at radius 3 is 2.50 bits per heavy atom. The fourth-order valence-electron chi connectivity index (χ4n) is 4.17. The molecule has 0 unspecified atom stereocenters. The Morgan fingerprint density at radius 1 is 0.967 bits per heavy atom. The molecule has 0 radical (unpaired) electrons. The first kappa shape index (κ1) is 19.5. The third-order valence-corrected chi connectivity index (χ3v) is 7.12. The third-order valence-electron chi connectivity index (χ3n) is 5.92. The Bertz CT molecular complexity index is 946. The van der Waals surface area contributed by atoms with E-state index in [9.17, 15) is 9.59 Å². The highest BCUT2D eigenvalue weighted by Gasteiger charge is 2.29. The minimum Gasteiger partial charge on any atom is -0.488 e. The Morgan fingerprint density at radius 2 is 1.70 bits per heavy atom. The van der Waals surface area contributed by atoms with E-state index in [4.69, 9.17) is 9.47 Å². The maximum absolute atomic E-state index is 13.1. The summed E-state index contributed by atoms with van der Waals surface area (Å²) < 4.78 is 11.2. The topological polar surface area (TPSA) is 62.3 Å². The molecule has 0 atom stereocenters. The number of morpholine rings is 1. The zero-order valence-electron chi connectivity index (χ0n) is 16.8. The molecular weight excluding hydrogens is 402 g/mol. The zero-order valence-corrected chi connectivity index (χ0v) is 17.7. The van der Waals surface area contributed by atoms with Crippen LogP contribution in [0.3, 0.4) is 0 Å². The quantitative estimate of drug-likeness (QED) is 0.749. The predicted octanol–water partition coefficient (Wildman–Crippen LogP) is 1.92. The molecule has 0 N–H and O–H groups in total. The largest absolute Gasteiger partial charge is 0.488 e. The van der Waals surface area contributed by atoms with E-state index in [-0.39, 0.29) is 11.8 Å². The van der Waals surface area contributed by atoms with Crippen LogP contribution in [-0.4, -0.2) is 85.5 Å². The second-order valence-corrected chi connectivity index (χ2v) is 8.86. The predicted molar refractivity (Wildman–Crippen MR) is 114 cm³/mol. The average Bonchev–Trinajstić information content (AvgIpc) is 3.24. The van der Waals surface area contributed by atoms with E-state index in [1.54, 1.807) is 0 Å². The number of carbonyl (C=O) groups is 2. The molecule has 2 saturated heterocycles. The van der Waals surface area contributed by atoms with Crippen LogP contribution >= 0.6 is 11.3 Å². The molecule has 2 amide bonds. The fraction of sp³-hybridized carbons (Fsp3) is 0.455. The van der Waals surface area contributed by atoms with Crippen LogP contribution in [0.15, 0.2) is 30.3 Å². The Labute approximate surface area is 179 Å².